The zero-order valence-corrected chi connectivity index (χ0v) is 13.8. The molecule has 0 amide bonds. The maximum atomic E-state index is 5.98. The Kier molecular flexibility index (Phi) is 4.62. The molecule has 0 bridgehead atoms. The Morgan fingerprint density at radius 3 is 3.04 bits per heavy atom. The average Bonchev–Trinajstić information content (AvgIpc) is 2.89. The summed E-state index contributed by atoms with van der Waals surface area (Å²) < 4.78 is 11.8. The van der Waals surface area contributed by atoms with Crippen molar-refractivity contribution in [3.05, 3.63) is 53.9 Å². The first kappa shape index (κ1) is 15.4. The number of ether oxygens (including phenoxy) is 2. The van der Waals surface area contributed by atoms with Crippen LogP contribution in [0.3, 0.4) is 0 Å². The Morgan fingerprint density at radius 2 is 2.12 bits per heavy atom. The van der Waals surface area contributed by atoms with E-state index in [1.54, 1.807) is 0 Å². The van der Waals surface area contributed by atoms with Crippen LogP contribution in [0.5, 0.6) is 11.5 Å². The lowest BCUT2D eigenvalue weighted by molar-refractivity contribution is 0.151. The number of rotatable bonds is 3. The molecule has 0 spiro atoms. The first-order chi connectivity index (χ1) is 11.9. The Morgan fingerprint density at radius 1 is 1.17 bits per heavy atom. The Labute approximate surface area is 142 Å². The Balaban J connectivity index is 1.59. The zero-order valence-electron chi connectivity index (χ0n) is 13.8. The van der Waals surface area contributed by atoms with E-state index in [4.69, 9.17) is 9.47 Å². The summed E-state index contributed by atoms with van der Waals surface area (Å²) in [5.41, 5.74) is 2.45. The van der Waals surface area contributed by atoms with Crippen LogP contribution in [0.2, 0.25) is 0 Å². The summed E-state index contributed by atoms with van der Waals surface area (Å²) in [5, 5.41) is 3.50. The topological polar surface area (TPSA) is 46.6 Å². The molecule has 1 aromatic heterocycles. The molecule has 24 heavy (non-hydrogen) atoms. The van der Waals surface area contributed by atoms with Crippen LogP contribution in [0.25, 0.3) is 0 Å². The highest BCUT2D eigenvalue weighted by Gasteiger charge is 2.25. The van der Waals surface area contributed by atoms with Crippen molar-refractivity contribution in [2.45, 2.75) is 19.0 Å². The van der Waals surface area contributed by atoms with Crippen molar-refractivity contribution in [1.82, 2.24) is 15.2 Å². The molecule has 0 saturated carbocycles. The molecular formula is C19H23N3O2. The van der Waals surface area contributed by atoms with Gasteiger partial charge in [0.25, 0.3) is 0 Å². The molecule has 126 valence electrons. The second kappa shape index (κ2) is 7.20. The van der Waals surface area contributed by atoms with Gasteiger partial charge >= 0.3 is 0 Å². The fourth-order valence-electron chi connectivity index (χ4n) is 3.43. The maximum absolute atomic E-state index is 5.98. The number of fused-ring (bicyclic) bond motifs is 1. The predicted octanol–water partition coefficient (Wildman–Crippen LogP) is 2.39. The molecule has 2 aliphatic heterocycles. The summed E-state index contributed by atoms with van der Waals surface area (Å²) >= 11 is 0. The van der Waals surface area contributed by atoms with Crippen LogP contribution in [0.1, 0.15) is 23.6 Å². The molecule has 4 rings (SSSR count). The van der Waals surface area contributed by atoms with Gasteiger partial charge in [-0.1, -0.05) is 18.2 Å². The average molecular weight is 325 g/mol. The molecule has 3 heterocycles. The molecule has 5 nitrogen and oxygen atoms in total. The number of aromatic nitrogens is 1. The summed E-state index contributed by atoms with van der Waals surface area (Å²) in [4.78, 5) is 6.78. The minimum atomic E-state index is 0.329. The monoisotopic (exact) mass is 325 g/mol. The van der Waals surface area contributed by atoms with Crippen molar-refractivity contribution in [3.8, 4) is 11.5 Å². The van der Waals surface area contributed by atoms with E-state index < -0.39 is 0 Å². The van der Waals surface area contributed by atoms with E-state index in [0.717, 1.165) is 57.3 Å². The minimum Gasteiger partial charge on any atom is -0.490 e. The van der Waals surface area contributed by atoms with Gasteiger partial charge in [0.2, 0.25) is 0 Å². The van der Waals surface area contributed by atoms with Gasteiger partial charge in [-0.05, 0) is 17.7 Å². The SMILES string of the molecule is c1cncc(C2CNCCN2Cc2cccc3c2OCCCO3)c1. The van der Waals surface area contributed by atoms with E-state index in [1.807, 2.05) is 24.5 Å². The van der Waals surface area contributed by atoms with Crippen molar-refractivity contribution in [3.63, 3.8) is 0 Å². The van der Waals surface area contributed by atoms with Gasteiger partial charge in [-0.15, -0.1) is 0 Å². The van der Waals surface area contributed by atoms with Crippen molar-refractivity contribution in [1.29, 1.82) is 0 Å². The third-order valence-electron chi connectivity index (χ3n) is 4.65. The van der Waals surface area contributed by atoms with Gasteiger partial charge in [0.05, 0.1) is 13.2 Å². The maximum Gasteiger partial charge on any atom is 0.165 e. The zero-order chi connectivity index (χ0) is 16.2. The number of hydrogen-bond donors (Lipinski definition) is 1. The van der Waals surface area contributed by atoms with Crippen molar-refractivity contribution < 1.29 is 9.47 Å². The van der Waals surface area contributed by atoms with E-state index in [9.17, 15) is 0 Å². The molecule has 1 saturated heterocycles. The number of piperazine rings is 1. The lowest BCUT2D eigenvalue weighted by Crippen LogP contribution is -2.45. The summed E-state index contributed by atoms with van der Waals surface area (Å²) in [6, 6.07) is 10.7. The molecule has 0 radical (unpaired) electrons. The van der Waals surface area contributed by atoms with Gasteiger partial charge in [-0.3, -0.25) is 9.88 Å². The third kappa shape index (κ3) is 3.23. The molecule has 1 atom stereocenters. The second-order valence-electron chi connectivity index (χ2n) is 6.27. The lowest BCUT2D eigenvalue weighted by Gasteiger charge is -2.36. The third-order valence-corrected chi connectivity index (χ3v) is 4.65. The van der Waals surface area contributed by atoms with Crippen LogP contribution < -0.4 is 14.8 Å². The molecule has 1 unspecified atom stereocenters. The highest BCUT2D eigenvalue weighted by atomic mass is 16.5. The van der Waals surface area contributed by atoms with Crippen molar-refractivity contribution in [2.24, 2.45) is 0 Å². The molecule has 1 fully saturated rings. The van der Waals surface area contributed by atoms with Gasteiger partial charge < -0.3 is 14.8 Å². The molecule has 2 aliphatic rings. The highest BCUT2D eigenvalue weighted by Crippen LogP contribution is 2.35. The summed E-state index contributed by atoms with van der Waals surface area (Å²) in [6.07, 6.45) is 4.72. The fraction of sp³-hybridized carbons (Fsp3) is 0.421. The Bertz CT molecular complexity index is 678. The molecule has 1 aromatic carbocycles. The van der Waals surface area contributed by atoms with Crippen LogP contribution in [0, 0.1) is 0 Å². The van der Waals surface area contributed by atoms with Gasteiger partial charge in [0, 0.05) is 56.6 Å². The number of benzene rings is 1. The molecule has 1 N–H and O–H groups in total. The van der Waals surface area contributed by atoms with E-state index >= 15 is 0 Å². The number of para-hydroxylation sites is 1. The molecular weight excluding hydrogens is 302 g/mol. The standard InChI is InChI=1S/C19H23N3O2/c1-4-16(19-18(6-1)23-10-3-11-24-19)14-22-9-8-21-13-17(22)15-5-2-7-20-12-15/h1-2,4-7,12,17,21H,3,8-11,13-14H2. The van der Waals surface area contributed by atoms with E-state index in [1.165, 1.54) is 11.1 Å². The molecule has 0 aliphatic carbocycles. The predicted molar refractivity (Wildman–Crippen MR) is 92.3 cm³/mol. The highest BCUT2D eigenvalue weighted by molar-refractivity contribution is 5.47. The van der Waals surface area contributed by atoms with Crippen LogP contribution in [0.4, 0.5) is 0 Å². The minimum absolute atomic E-state index is 0.329. The van der Waals surface area contributed by atoms with E-state index in [0.29, 0.717) is 6.04 Å². The summed E-state index contributed by atoms with van der Waals surface area (Å²) in [7, 11) is 0. The van der Waals surface area contributed by atoms with Crippen molar-refractivity contribution >= 4 is 0 Å². The van der Waals surface area contributed by atoms with Crippen LogP contribution in [-0.2, 0) is 6.54 Å². The van der Waals surface area contributed by atoms with E-state index in [2.05, 4.69) is 33.4 Å². The largest absolute Gasteiger partial charge is 0.490 e. The summed E-state index contributed by atoms with van der Waals surface area (Å²) in [5.74, 6) is 1.79. The number of pyridine rings is 1. The summed E-state index contributed by atoms with van der Waals surface area (Å²) in [6.45, 7) is 5.25. The number of nitrogens with zero attached hydrogens (tertiary/aromatic N) is 2. The van der Waals surface area contributed by atoms with Crippen LogP contribution >= 0.6 is 0 Å². The first-order valence-corrected chi connectivity index (χ1v) is 8.64. The number of nitrogens with one attached hydrogen (secondary N) is 1. The smallest absolute Gasteiger partial charge is 0.165 e. The molecule has 2 aromatic rings. The van der Waals surface area contributed by atoms with Crippen LogP contribution in [0.15, 0.2) is 42.7 Å². The van der Waals surface area contributed by atoms with Gasteiger partial charge in [-0.25, -0.2) is 0 Å². The lowest BCUT2D eigenvalue weighted by atomic mass is 10.0. The normalized spacial score (nSPS) is 21.2. The first-order valence-electron chi connectivity index (χ1n) is 8.64. The van der Waals surface area contributed by atoms with Gasteiger partial charge in [0.1, 0.15) is 0 Å². The van der Waals surface area contributed by atoms with Gasteiger partial charge in [0.15, 0.2) is 11.5 Å². The van der Waals surface area contributed by atoms with Crippen LogP contribution in [-0.4, -0.2) is 42.7 Å². The van der Waals surface area contributed by atoms with E-state index in [-0.39, 0.29) is 0 Å². The number of hydrogen-bond acceptors (Lipinski definition) is 5. The Hall–Kier alpha value is -2.11. The van der Waals surface area contributed by atoms with Gasteiger partial charge in [-0.2, -0.15) is 0 Å². The fourth-order valence-corrected chi connectivity index (χ4v) is 3.43. The quantitative estimate of drug-likeness (QED) is 0.939. The van der Waals surface area contributed by atoms with Crippen molar-refractivity contribution in [2.75, 3.05) is 32.8 Å². The second-order valence-corrected chi connectivity index (χ2v) is 6.27. The molecule has 5 heteroatoms.